The van der Waals surface area contributed by atoms with Crippen molar-refractivity contribution in [2.24, 2.45) is 4.99 Å². The SMILES string of the molecule is CC(C)N=c1ccccn1C(=O)CSCc1nc2ccccc2s1. The summed E-state index contributed by atoms with van der Waals surface area (Å²) < 4.78 is 2.82. The number of carbonyl (C=O) groups excluding carboxylic acids is 1. The van der Waals surface area contributed by atoms with Crippen LogP contribution in [0.2, 0.25) is 0 Å². The summed E-state index contributed by atoms with van der Waals surface area (Å²) in [6.07, 6.45) is 1.78. The van der Waals surface area contributed by atoms with Gasteiger partial charge in [-0.1, -0.05) is 18.2 Å². The van der Waals surface area contributed by atoms with E-state index in [-0.39, 0.29) is 11.9 Å². The molecule has 124 valence electrons. The lowest BCUT2D eigenvalue weighted by molar-refractivity contribution is 0.0936. The second kappa shape index (κ2) is 7.77. The normalized spacial score (nSPS) is 12.2. The molecule has 0 aliphatic carbocycles. The predicted octanol–water partition coefficient (Wildman–Crippen LogP) is 3.98. The van der Waals surface area contributed by atoms with Crippen LogP contribution < -0.4 is 5.49 Å². The van der Waals surface area contributed by atoms with Crippen LogP contribution in [0.15, 0.2) is 53.7 Å². The molecule has 0 saturated carbocycles. The summed E-state index contributed by atoms with van der Waals surface area (Å²) in [6.45, 7) is 4.01. The second-order valence-corrected chi connectivity index (χ2v) is 7.71. The molecule has 0 fully saturated rings. The van der Waals surface area contributed by atoms with Gasteiger partial charge in [0.1, 0.15) is 10.5 Å². The molecule has 0 unspecified atom stereocenters. The number of nitrogens with zero attached hydrogens (tertiary/aromatic N) is 3. The number of rotatable bonds is 5. The molecule has 2 heterocycles. The van der Waals surface area contributed by atoms with Crippen LogP contribution >= 0.6 is 23.1 Å². The number of benzene rings is 1. The zero-order valence-electron chi connectivity index (χ0n) is 13.7. The summed E-state index contributed by atoms with van der Waals surface area (Å²) in [5, 5.41) is 1.05. The molecule has 0 spiro atoms. The lowest BCUT2D eigenvalue weighted by Gasteiger charge is -2.06. The highest BCUT2D eigenvalue weighted by atomic mass is 32.2. The molecule has 6 heteroatoms. The minimum Gasteiger partial charge on any atom is -0.273 e. The van der Waals surface area contributed by atoms with Gasteiger partial charge in [0.2, 0.25) is 5.91 Å². The van der Waals surface area contributed by atoms with Crippen LogP contribution in [-0.2, 0) is 5.75 Å². The van der Waals surface area contributed by atoms with Crippen LogP contribution in [-0.4, -0.2) is 27.3 Å². The first kappa shape index (κ1) is 16.9. The molecule has 4 nitrogen and oxygen atoms in total. The van der Waals surface area contributed by atoms with E-state index in [2.05, 4.69) is 16.0 Å². The fraction of sp³-hybridized carbons (Fsp3) is 0.278. The predicted molar refractivity (Wildman–Crippen MR) is 102 cm³/mol. The van der Waals surface area contributed by atoms with Crippen LogP contribution in [0.5, 0.6) is 0 Å². The molecule has 3 rings (SSSR count). The average Bonchev–Trinajstić information content (AvgIpc) is 2.97. The number of carbonyl (C=O) groups is 1. The number of hydrogen-bond donors (Lipinski definition) is 0. The number of aromatic nitrogens is 2. The van der Waals surface area contributed by atoms with Gasteiger partial charge in [0, 0.05) is 18.0 Å². The van der Waals surface area contributed by atoms with E-state index in [1.165, 1.54) is 4.70 Å². The van der Waals surface area contributed by atoms with E-state index in [9.17, 15) is 4.79 Å². The Morgan fingerprint density at radius 2 is 2.04 bits per heavy atom. The van der Waals surface area contributed by atoms with Crippen LogP contribution in [0.1, 0.15) is 23.6 Å². The molecule has 0 N–H and O–H groups in total. The quantitative estimate of drug-likeness (QED) is 0.694. The summed E-state index contributed by atoms with van der Waals surface area (Å²) in [6, 6.07) is 13.9. The smallest absolute Gasteiger partial charge is 0.242 e. The molecule has 0 aliphatic heterocycles. The maximum Gasteiger partial charge on any atom is 0.242 e. The van der Waals surface area contributed by atoms with Crippen molar-refractivity contribution in [3.63, 3.8) is 0 Å². The molecular formula is C18H19N3OS2. The monoisotopic (exact) mass is 357 g/mol. The van der Waals surface area contributed by atoms with Crippen molar-refractivity contribution in [3.8, 4) is 0 Å². The lowest BCUT2D eigenvalue weighted by atomic mass is 10.3. The first-order chi connectivity index (χ1) is 11.6. The van der Waals surface area contributed by atoms with Crippen LogP contribution in [0.4, 0.5) is 0 Å². The largest absolute Gasteiger partial charge is 0.273 e. The maximum atomic E-state index is 12.5. The van der Waals surface area contributed by atoms with E-state index < -0.39 is 0 Å². The molecule has 0 saturated heterocycles. The summed E-state index contributed by atoms with van der Waals surface area (Å²) in [4.78, 5) is 21.6. The Kier molecular flexibility index (Phi) is 5.48. The minimum atomic E-state index is 0.0427. The molecule has 3 aromatic rings. The molecule has 0 amide bonds. The van der Waals surface area contributed by atoms with Crippen molar-refractivity contribution in [2.75, 3.05) is 5.75 Å². The molecule has 24 heavy (non-hydrogen) atoms. The topological polar surface area (TPSA) is 47.2 Å². The third kappa shape index (κ3) is 4.13. The van der Waals surface area contributed by atoms with Gasteiger partial charge in [0.25, 0.3) is 0 Å². The zero-order chi connectivity index (χ0) is 16.9. The van der Waals surface area contributed by atoms with Crippen LogP contribution in [0, 0.1) is 0 Å². The van der Waals surface area contributed by atoms with Gasteiger partial charge in [0.15, 0.2) is 0 Å². The van der Waals surface area contributed by atoms with Gasteiger partial charge in [-0.3, -0.25) is 14.4 Å². The van der Waals surface area contributed by atoms with Crippen molar-refractivity contribution in [1.29, 1.82) is 0 Å². The van der Waals surface area contributed by atoms with Crippen molar-refractivity contribution in [2.45, 2.75) is 25.6 Å². The number of para-hydroxylation sites is 1. The van der Waals surface area contributed by atoms with Gasteiger partial charge in [-0.05, 0) is 38.1 Å². The van der Waals surface area contributed by atoms with Gasteiger partial charge >= 0.3 is 0 Å². The molecule has 0 atom stereocenters. The Hall–Kier alpha value is -1.92. The highest BCUT2D eigenvalue weighted by molar-refractivity contribution is 7.99. The van der Waals surface area contributed by atoms with E-state index in [0.717, 1.165) is 16.3 Å². The third-order valence-corrected chi connectivity index (χ3v) is 5.43. The van der Waals surface area contributed by atoms with Crippen LogP contribution in [0.25, 0.3) is 10.2 Å². The molecule has 1 aromatic carbocycles. The average molecular weight is 358 g/mol. The van der Waals surface area contributed by atoms with Crippen molar-refractivity contribution in [3.05, 3.63) is 59.2 Å². The number of fused-ring (bicyclic) bond motifs is 1. The van der Waals surface area contributed by atoms with Gasteiger partial charge < -0.3 is 0 Å². The first-order valence-electron chi connectivity index (χ1n) is 7.80. The summed E-state index contributed by atoms with van der Waals surface area (Å²) in [7, 11) is 0. The second-order valence-electron chi connectivity index (χ2n) is 5.61. The molecule has 0 bridgehead atoms. The summed E-state index contributed by atoms with van der Waals surface area (Å²) in [5.41, 5.74) is 1.73. The molecule has 2 aromatic heterocycles. The summed E-state index contributed by atoms with van der Waals surface area (Å²) >= 11 is 3.28. The van der Waals surface area contributed by atoms with Crippen molar-refractivity contribution >= 4 is 39.2 Å². The highest BCUT2D eigenvalue weighted by Crippen LogP contribution is 2.24. The Morgan fingerprint density at radius 1 is 1.25 bits per heavy atom. The van der Waals surface area contributed by atoms with Gasteiger partial charge in [0.05, 0.1) is 16.0 Å². The van der Waals surface area contributed by atoms with E-state index in [1.807, 2.05) is 50.2 Å². The highest BCUT2D eigenvalue weighted by Gasteiger charge is 2.08. The fourth-order valence-corrected chi connectivity index (χ4v) is 4.19. The molecular weight excluding hydrogens is 338 g/mol. The van der Waals surface area contributed by atoms with E-state index in [1.54, 1.807) is 33.9 Å². The van der Waals surface area contributed by atoms with Crippen LogP contribution in [0.3, 0.4) is 0 Å². The lowest BCUT2D eigenvalue weighted by Crippen LogP contribution is -2.28. The van der Waals surface area contributed by atoms with E-state index in [4.69, 9.17) is 0 Å². The first-order valence-corrected chi connectivity index (χ1v) is 9.77. The minimum absolute atomic E-state index is 0.0427. The number of pyridine rings is 1. The third-order valence-electron chi connectivity index (χ3n) is 3.29. The Labute approximate surface area is 149 Å². The molecule has 0 aliphatic rings. The van der Waals surface area contributed by atoms with Crippen molar-refractivity contribution in [1.82, 2.24) is 9.55 Å². The van der Waals surface area contributed by atoms with Crippen molar-refractivity contribution < 1.29 is 4.79 Å². The number of thioether (sulfide) groups is 1. The Bertz CT molecular complexity index is 879. The summed E-state index contributed by atoms with van der Waals surface area (Å²) in [5.74, 6) is 1.20. The zero-order valence-corrected chi connectivity index (χ0v) is 15.3. The van der Waals surface area contributed by atoms with Gasteiger partial charge in [-0.2, -0.15) is 0 Å². The Balaban J connectivity index is 1.66. The van der Waals surface area contributed by atoms with Gasteiger partial charge in [-0.15, -0.1) is 23.1 Å². The standard InChI is InChI=1S/C18H19N3OS2/c1-13(2)19-16-9-5-6-10-21(16)18(22)12-23-11-17-20-14-7-3-4-8-15(14)24-17/h3-10,13H,11-12H2,1-2H3. The van der Waals surface area contributed by atoms with Gasteiger partial charge in [-0.25, -0.2) is 4.98 Å². The molecule has 0 radical (unpaired) electrons. The fourth-order valence-electron chi connectivity index (χ4n) is 2.29. The Morgan fingerprint density at radius 3 is 2.83 bits per heavy atom. The number of thiazole rings is 1. The number of hydrogen-bond acceptors (Lipinski definition) is 5. The van der Waals surface area contributed by atoms with E-state index in [0.29, 0.717) is 11.2 Å². The maximum absolute atomic E-state index is 12.5. The van der Waals surface area contributed by atoms with E-state index >= 15 is 0 Å².